The molecule has 2 aromatic rings. The predicted octanol–water partition coefficient (Wildman–Crippen LogP) is 3.56. The maximum atomic E-state index is 12.1. The Morgan fingerprint density at radius 1 is 1.00 bits per heavy atom. The average Bonchev–Trinajstić information content (AvgIpc) is 2.48. The summed E-state index contributed by atoms with van der Waals surface area (Å²) in [5.74, 6) is -0.538. The Balaban J connectivity index is 2.01. The highest BCUT2D eigenvalue weighted by Gasteiger charge is 2.13. The van der Waals surface area contributed by atoms with Crippen LogP contribution in [0.25, 0.3) is 0 Å². The molecule has 0 aromatic heterocycles. The molecule has 1 unspecified atom stereocenters. The van der Waals surface area contributed by atoms with Gasteiger partial charge in [-0.1, -0.05) is 30.3 Å². The van der Waals surface area contributed by atoms with E-state index in [1.807, 2.05) is 37.3 Å². The monoisotopic (exact) mass is 283 g/mol. The predicted molar refractivity (Wildman–Crippen MR) is 81.0 cm³/mol. The summed E-state index contributed by atoms with van der Waals surface area (Å²) in [6, 6.07) is 16.2. The molecular weight excluding hydrogens is 266 g/mol. The number of amides is 1. The molecule has 2 rings (SSSR count). The van der Waals surface area contributed by atoms with E-state index in [0.29, 0.717) is 11.3 Å². The van der Waals surface area contributed by atoms with Crippen LogP contribution in [-0.4, -0.2) is 11.9 Å². The number of rotatable bonds is 4. The van der Waals surface area contributed by atoms with Crippen LogP contribution in [0.4, 0.5) is 5.69 Å². The molecule has 4 nitrogen and oxygen atoms in total. The van der Waals surface area contributed by atoms with Crippen LogP contribution in [0.2, 0.25) is 0 Å². The van der Waals surface area contributed by atoms with Gasteiger partial charge in [0.15, 0.2) is 0 Å². The van der Waals surface area contributed by atoms with E-state index in [-0.39, 0.29) is 18.0 Å². The van der Waals surface area contributed by atoms with E-state index in [0.717, 1.165) is 5.56 Å². The largest absolute Gasteiger partial charge is 0.454 e. The molecular formula is C17H17NO3. The number of nitrogens with one attached hydrogen (secondary N) is 1. The fourth-order valence-electron chi connectivity index (χ4n) is 1.91. The number of ether oxygens (including phenoxy) is 1. The third-order valence-electron chi connectivity index (χ3n) is 2.99. The van der Waals surface area contributed by atoms with Gasteiger partial charge in [-0.2, -0.15) is 0 Å². The van der Waals surface area contributed by atoms with Crippen molar-refractivity contribution < 1.29 is 14.3 Å². The van der Waals surface area contributed by atoms with Gasteiger partial charge in [-0.05, 0) is 36.8 Å². The standard InChI is InChI=1S/C17H17NO3/c1-12(14-6-4-3-5-7-14)21-17(20)15-8-10-16(11-9-15)18-13(2)19/h3-12H,1-2H3,(H,18,19). The van der Waals surface area contributed by atoms with Crippen LogP contribution in [0.5, 0.6) is 0 Å². The molecule has 0 bridgehead atoms. The highest BCUT2D eigenvalue weighted by atomic mass is 16.5. The van der Waals surface area contributed by atoms with Crippen molar-refractivity contribution >= 4 is 17.6 Å². The van der Waals surface area contributed by atoms with Crippen LogP contribution in [-0.2, 0) is 9.53 Å². The molecule has 1 N–H and O–H groups in total. The Morgan fingerprint density at radius 2 is 1.62 bits per heavy atom. The Hall–Kier alpha value is -2.62. The second kappa shape index (κ2) is 6.70. The zero-order chi connectivity index (χ0) is 15.2. The number of hydrogen-bond acceptors (Lipinski definition) is 3. The second-order valence-corrected chi connectivity index (χ2v) is 4.72. The van der Waals surface area contributed by atoms with Crippen molar-refractivity contribution in [2.75, 3.05) is 5.32 Å². The minimum absolute atomic E-state index is 0.150. The lowest BCUT2D eigenvalue weighted by Crippen LogP contribution is -2.10. The molecule has 21 heavy (non-hydrogen) atoms. The van der Waals surface area contributed by atoms with Crippen molar-refractivity contribution in [1.29, 1.82) is 0 Å². The van der Waals surface area contributed by atoms with Gasteiger partial charge < -0.3 is 10.1 Å². The lowest BCUT2D eigenvalue weighted by Gasteiger charge is -2.13. The summed E-state index contributed by atoms with van der Waals surface area (Å²) in [7, 11) is 0. The zero-order valence-electron chi connectivity index (χ0n) is 12.0. The molecule has 1 amide bonds. The first-order chi connectivity index (χ1) is 10.1. The van der Waals surface area contributed by atoms with E-state index in [1.54, 1.807) is 24.3 Å². The third kappa shape index (κ3) is 4.18. The number of anilines is 1. The Bertz CT molecular complexity index is 620. The SMILES string of the molecule is CC(=O)Nc1ccc(C(=O)OC(C)c2ccccc2)cc1. The van der Waals surface area contributed by atoms with Crippen molar-refractivity contribution in [3.63, 3.8) is 0 Å². The van der Waals surface area contributed by atoms with Crippen molar-refractivity contribution in [3.05, 3.63) is 65.7 Å². The van der Waals surface area contributed by atoms with E-state index in [4.69, 9.17) is 4.74 Å². The first kappa shape index (κ1) is 14.8. The van der Waals surface area contributed by atoms with Gasteiger partial charge >= 0.3 is 5.97 Å². The molecule has 0 radical (unpaired) electrons. The third-order valence-corrected chi connectivity index (χ3v) is 2.99. The van der Waals surface area contributed by atoms with Gasteiger partial charge in [0.1, 0.15) is 6.10 Å². The highest BCUT2D eigenvalue weighted by molar-refractivity contribution is 5.92. The summed E-state index contributed by atoms with van der Waals surface area (Å²) in [5, 5.41) is 2.65. The number of benzene rings is 2. The molecule has 0 spiro atoms. The zero-order valence-corrected chi connectivity index (χ0v) is 12.0. The van der Waals surface area contributed by atoms with Gasteiger partial charge in [-0.3, -0.25) is 4.79 Å². The molecule has 0 fully saturated rings. The lowest BCUT2D eigenvalue weighted by atomic mass is 10.1. The molecule has 0 aliphatic rings. The summed E-state index contributed by atoms with van der Waals surface area (Å²) in [6.07, 6.45) is -0.311. The minimum Gasteiger partial charge on any atom is -0.454 e. The van der Waals surface area contributed by atoms with Crippen LogP contribution >= 0.6 is 0 Å². The second-order valence-electron chi connectivity index (χ2n) is 4.72. The normalized spacial score (nSPS) is 11.5. The van der Waals surface area contributed by atoms with E-state index < -0.39 is 0 Å². The van der Waals surface area contributed by atoms with Gasteiger partial charge in [0.05, 0.1) is 5.56 Å². The molecule has 108 valence electrons. The molecule has 4 heteroatoms. The van der Waals surface area contributed by atoms with Gasteiger partial charge in [0, 0.05) is 12.6 Å². The van der Waals surface area contributed by atoms with E-state index >= 15 is 0 Å². The van der Waals surface area contributed by atoms with Crippen LogP contribution in [0, 0.1) is 0 Å². The summed E-state index contributed by atoms with van der Waals surface area (Å²) in [6.45, 7) is 3.27. The van der Waals surface area contributed by atoms with Gasteiger partial charge in [0.2, 0.25) is 5.91 Å². The summed E-state index contributed by atoms with van der Waals surface area (Å²) < 4.78 is 5.42. The minimum atomic E-state index is -0.388. The first-order valence-electron chi connectivity index (χ1n) is 6.70. The first-order valence-corrected chi connectivity index (χ1v) is 6.70. The molecule has 0 aliphatic carbocycles. The van der Waals surface area contributed by atoms with Crippen LogP contribution in [0.3, 0.4) is 0 Å². The van der Waals surface area contributed by atoms with E-state index in [1.165, 1.54) is 6.92 Å². The summed E-state index contributed by atoms with van der Waals surface area (Å²) in [4.78, 5) is 23.0. The topological polar surface area (TPSA) is 55.4 Å². The molecule has 0 saturated heterocycles. The Kier molecular flexibility index (Phi) is 4.72. The highest BCUT2D eigenvalue weighted by Crippen LogP contribution is 2.19. The van der Waals surface area contributed by atoms with Crippen LogP contribution in [0.15, 0.2) is 54.6 Å². The number of hydrogen-bond donors (Lipinski definition) is 1. The molecule has 0 saturated carbocycles. The summed E-state index contributed by atoms with van der Waals surface area (Å²) >= 11 is 0. The van der Waals surface area contributed by atoms with E-state index in [2.05, 4.69) is 5.32 Å². The number of carbonyl (C=O) groups excluding carboxylic acids is 2. The smallest absolute Gasteiger partial charge is 0.338 e. The van der Waals surface area contributed by atoms with Crippen molar-refractivity contribution in [2.45, 2.75) is 20.0 Å². The number of carbonyl (C=O) groups is 2. The van der Waals surface area contributed by atoms with Gasteiger partial charge in [-0.25, -0.2) is 4.79 Å². The van der Waals surface area contributed by atoms with E-state index in [9.17, 15) is 9.59 Å². The van der Waals surface area contributed by atoms with Crippen molar-refractivity contribution in [3.8, 4) is 0 Å². The van der Waals surface area contributed by atoms with Crippen molar-refractivity contribution in [1.82, 2.24) is 0 Å². The fourth-order valence-corrected chi connectivity index (χ4v) is 1.91. The average molecular weight is 283 g/mol. The quantitative estimate of drug-likeness (QED) is 0.873. The molecule has 2 aromatic carbocycles. The Labute approximate surface area is 123 Å². The summed E-state index contributed by atoms with van der Waals surface area (Å²) in [5.41, 5.74) is 2.04. The fraction of sp³-hybridized carbons (Fsp3) is 0.176. The molecule has 0 aliphatic heterocycles. The lowest BCUT2D eigenvalue weighted by molar-refractivity contribution is -0.114. The van der Waals surface area contributed by atoms with Crippen molar-refractivity contribution in [2.24, 2.45) is 0 Å². The van der Waals surface area contributed by atoms with Crippen LogP contribution in [0.1, 0.15) is 35.9 Å². The van der Waals surface area contributed by atoms with Gasteiger partial charge in [0.25, 0.3) is 0 Å². The maximum absolute atomic E-state index is 12.1. The maximum Gasteiger partial charge on any atom is 0.338 e. The Morgan fingerprint density at radius 3 is 2.19 bits per heavy atom. The number of esters is 1. The van der Waals surface area contributed by atoms with Crippen LogP contribution < -0.4 is 5.32 Å². The molecule has 1 atom stereocenters. The molecule has 0 heterocycles. The van der Waals surface area contributed by atoms with Gasteiger partial charge in [-0.15, -0.1) is 0 Å².